The third kappa shape index (κ3) is 9.08. The Morgan fingerprint density at radius 1 is 1.00 bits per heavy atom. The van der Waals surface area contributed by atoms with Gasteiger partial charge in [0, 0.05) is 42.6 Å². The Bertz CT molecular complexity index is 2100. The summed E-state index contributed by atoms with van der Waals surface area (Å²) in [7, 11) is -3.75. The second kappa shape index (κ2) is 14.7. The number of aliphatic hydroxyl groups is 1. The van der Waals surface area contributed by atoms with E-state index in [0.717, 1.165) is 24.3 Å². The quantitative estimate of drug-likeness (QED) is 0.121. The van der Waals surface area contributed by atoms with Crippen molar-refractivity contribution in [1.82, 2.24) is 23.1 Å². The Morgan fingerprint density at radius 3 is 2.39 bits per heavy atom. The van der Waals surface area contributed by atoms with Gasteiger partial charge >= 0.3 is 0 Å². The Balaban J connectivity index is 1.19. The lowest BCUT2D eigenvalue weighted by molar-refractivity contribution is 0.0587. The van der Waals surface area contributed by atoms with Gasteiger partial charge in [0.2, 0.25) is 10.0 Å². The molecule has 5 aromatic rings. The molecule has 2 aromatic heterocycles. The lowest BCUT2D eigenvalue weighted by Gasteiger charge is -2.27. The molecule has 0 fully saturated rings. The van der Waals surface area contributed by atoms with E-state index in [2.05, 4.69) is 79.7 Å². The van der Waals surface area contributed by atoms with Crippen LogP contribution in [0.25, 0.3) is 11.0 Å². The number of sulfonamides is 1. The summed E-state index contributed by atoms with van der Waals surface area (Å²) < 4.78 is 36.7. The first kappa shape index (κ1) is 34.7. The highest BCUT2D eigenvalue weighted by molar-refractivity contribution is 8.12. The number of aromatic nitrogens is 3. The number of hydrogen-bond acceptors (Lipinski definition) is 8. The number of nitrogens with zero attached hydrogens (tertiary/aromatic N) is 5. The summed E-state index contributed by atoms with van der Waals surface area (Å²) in [6.07, 6.45) is 6.52. The van der Waals surface area contributed by atoms with Crippen LogP contribution in [0.1, 0.15) is 25.0 Å². The Hall–Kier alpha value is -4.20. The Labute approximate surface area is 294 Å². The predicted octanol–water partition coefficient (Wildman–Crippen LogP) is 6.78. The number of halogens is 1. The normalized spacial score (nSPS) is 15.0. The van der Waals surface area contributed by atoms with E-state index >= 15 is 0 Å². The van der Waals surface area contributed by atoms with Gasteiger partial charge in [0.1, 0.15) is 17.6 Å². The number of benzene rings is 3. The average Bonchev–Trinajstić information content (AvgIpc) is 3.64. The first-order chi connectivity index (χ1) is 23.4. The molecule has 49 heavy (non-hydrogen) atoms. The number of fused-ring (bicyclic) bond motifs is 1. The van der Waals surface area contributed by atoms with E-state index in [1.165, 1.54) is 21.8 Å². The highest BCUT2D eigenvalue weighted by Crippen LogP contribution is 2.36. The van der Waals surface area contributed by atoms with Gasteiger partial charge in [0.25, 0.3) is 0 Å². The van der Waals surface area contributed by atoms with Crippen LogP contribution in [0.3, 0.4) is 0 Å². The van der Waals surface area contributed by atoms with Gasteiger partial charge in [-0.25, -0.2) is 18.4 Å². The van der Waals surface area contributed by atoms with E-state index in [9.17, 15) is 13.5 Å². The van der Waals surface area contributed by atoms with Crippen molar-refractivity contribution in [1.29, 1.82) is 0 Å². The van der Waals surface area contributed by atoms with Crippen molar-refractivity contribution in [3.8, 4) is 5.75 Å². The average molecular weight is 719 g/mol. The molecule has 0 radical (unpaired) electrons. The molecule has 1 aliphatic heterocycles. The zero-order chi connectivity index (χ0) is 34.6. The molecule has 13 heteroatoms. The maximum atomic E-state index is 12.4. The summed E-state index contributed by atoms with van der Waals surface area (Å²) >= 11 is 6.78. The first-order valence-electron chi connectivity index (χ1n) is 15.7. The Kier molecular flexibility index (Phi) is 10.4. The number of allylic oxidation sites excluding steroid dienone is 1. The molecule has 10 nitrogen and oxygen atoms in total. The van der Waals surface area contributed by atoms with E-state index in [-0.39, 0.29) is 23.8 Å². The fourth-order valence-corrected chi connectivity index (χ4v) is 8.53. The van der Waals surface area contributed by atoms with Crippen molar-refractivity contribution in [3.05, 3.63) is 126 Å². The fraction of sp³-hybridized carbons (Fsp3) is 0.250. The third-order valence-electron chi connectivity index (χ3n) is 7.76. The minimum Gasteiger partial charge on any atom is -0.454 e. The molecule has 6 rings (SSSR count). The summed E-state index contributed by atoms with van der Waals surface area (Å²) in [5.74, 6) is 2.68. The van der Waals surface area contributed by atoms with Gasteiger partial charge in [0.15, 0.2) is 11.6 Å². The standard InChI is InChI=1S/C36H39ClN6O4S2/c1-36(2,44)25-43(49(3,45)46)19-18-41-17-16-32-34(41)35(39-26-38-32)40-29-14-15-33(31(37)20-29)47-30-22-42(21-27-10-6-4-7-11-27)48(24-30)23-28-12-8-5-9-13-28/h4-17,20,22,24,26,44H,18-19,21,23,25H2,1-3H3,(H,38,39,40). The van der Waals surface area contributed by atoms with Crippen LogP contribution < -0.4 is 10.1 Å². The van der Waals surface area contributed by atoms with Crippen molar-refractivity contribution < 1.29 is 18.3 Å². The first-order valence-corrected chi connectivity index (χ1v) is 19.4. The van der Waals surface area contributed by atoms with Crippen LogP contribution in [0, 0.1) is 0 Å². The minimum atomic E-state index is -3.54. The topological polar surface area (TPSA) is 113 Å². The van der Waals surface area contributed by atoms with Gasteiger partial charge in [-0.05, 0) is 49.2 Å². The summed E-state index contributed by atoms with van der Waals surface area (Å²) in [5, 5.41) is 16.2. The monoisotopic (exact) mass is 718 g/mol. The molecular formula is C36H39ClN6O4S2. The van der Waals surface area contributed by atoms with Crippen molar-refractivity contribution in [3.63, 3.8) is 0 Å². The fourth-order valence-electron chi connectivity index (χ4n) is 5.50. The molecule has 1 aliphatic rings. The highest BCUT2D eigenvalue weighted by Gasteiger charge is 2.25. The van der Waals surface area contributed by atoms with Crippen molar-refractivity contribution in [2.24, 2.45) is 0 Å². The molecule has 1 atom stereocenters. The number of rotatable bonds is 14. The van der Waals surface area contributed by atoms with Crippen LogP contribution in [0.5, 0.6) is 5.75 Å². The third-order valence-corrected chi connectivity index (χ3v) is 11.3. The van der Waals surface area contributed by atoms with Gasteiger partial charge < -0.3 is 24.0 Å². The van der Waals surface area contributed by atoms with Crippen LogP contribution in [0.2, 0.25) is 5.02 Å². The maximum absolute atomic E-state index is 12.4. The molecule has 2 N–H and O–H groups in total. The highest BCUT2D eigenvalue weighted by atomic mass is 35.5. The van der Waals surface area contributed by atoms with Crippen LogP contribution in [0.15, 0.2) is 109 Å². The second-order valence-electron chi connectivity index (χ2n) is 12.5. The van der Waals surface area contributed by atoms with E-state index < -0.39 is 15.6 Å². The number of ether oxygens (including phenoxy) is 1. The maximum Gasteiger partial charge on any atom is 0.211 e. The van der Waals surface area contributed by atoms with E-state index in [1.54, 1.807) is 19.9 Å². The van der Waals surface area contributed by atoms with Crippen molar-refractivity contribution in [2.75, 3.05) is 24.7 Å². The zero-order valence-corrected chi connectivity index (χ0v) is 29.9. The minimum absolute atomic E-state index is 0.0204. The second-order valence-corrected chi connectivity index (χ2v) is 16.7. The lowest BCUT2D eigenvalue weighted by Crippen LogP contribution is -2.43. The molecule has 0 saturated heterocycles. The van der Waals surface area contributed by atoms with E-state index in [0.29, 0.717) is 39.9 Å². The van der Waals surface area contributed by atoms with Crippen molar-refractivity contribution >= 4 is 60.2 Å². The number of hydrogen-bond donors (Lipinski definition) is 2. The molecule has 256 valence electrons. The smallest absolute Gasteiger partial charge is 0.211 e. The predicted molar refractivity (Wildman–Crippen MR) is 199 cm³/mol. The van der Waals surface area contributed by atoms with E-state index in [4.69, 9.17) is 16.3 Å². The molecule has 0 saturated carbocycles. The molecule has 3 heterocycles. The van der Waals surface area contributed by atoms with Crippen molar-refractivity contribution in [2.45, 2.75) is 38.3 Å². The molecule has 0 bridgehead atoms. The van der Waals surface area contributed by atoms with Crippen LogP contribution in [-0.4, -0.2) is 67.0 Å². The molecule has 0 aliphatic carbocycles. The number of nitrogens with one attached hydrogen (secondary N) is 1. The van der Waals surface area contributed by atoms with Gasteiger partial charge in [-0.2, -0.15) is 4.31 Å². The van der Waals surface area contributed by atoms with Crippen LogP contribution in [0.4, 0.5) is 11.5 Å². The number of anilines is 2. The summed E-state index contributed by atoms with van der Waals surface area (Å²) in [5.41, 5.74) is 3.42. The molecule has 0 spiro atoms. The molecular weight excluding hydrogens is 680 g/mol. The van der Waals surface area contributed by atoms with Gasteiger partial charge in [-0.3, -0.25) is 0 Å². The zero-order valence-electron chi connectivity index (χ0n) is 27.5. The molecule has 0 amide bonds. The van der Waals surface area contributed by atoms with Gasteiger partial charge in [0.05, 0.1) is 35.1 Å². The van der Waals surface area contributed by atoms with E-state index in [1.807, 2.05) is 41.1 Å². The Morgan fingerprint density at radius 2 is 1.71 bits per heavy atom. The summed E-state index contributed by atoms with van der Waals surface area (Å²) in [4.78, 5) is 8.87. The lowest BCUT2D eigenvalue weighted by atomic mass is 10.1. The SMILES string of the molecule is CC(C)(O)CN(CCn1ccc2ncnc(Nc3ccc(OC4=CN(Cc5ccccc5)S(Cc5ccccc5)=C4)c(Cl)c3)c21)S(C)(=O)=O. The van der Waals surface area contributed by atoms with Crippen LogP contribution in [-0.2, 0) is 28.9 Å². The van der Waals surface area contributed by atoms with Gasteiger partial charge in [-0.15, -0.1) is 0 Å². The molecule has 3 aromatic carbocycles. The molecule has 1 unspecified atom stereocenters. The largest absolute Gasteiger partial charge is 0.454 e. The summed E-state index contributed by atoms with van der Waals surface area (Å²) in [6.45, 7) is 4.41. The summed E-state index contributed by atoms with van der Waals surface area (Å²) in [6, 6.07) is 28.2. The van der Waals surface area contributed by atoms with Crippen LogP contribution >= 0.6 is 22.3 Å². The van der Waals surface area contributed by atoms with Gasteiger partial charge in [-0.1, -0.05) is 82.9 Å².